The molecule has 1 aromatic rings. The zero-order valence-electron chi connectivity index (χ0n) is 10.6. The lowest BCUT2D eigenvalue weighted by Gasteiger charge is -2.09. The molecule has 4 heteroatoms. The predicted molar refractivity (Wildman–Crippen MR) is 75.5 cm³/mol. The van der Waals surface area contributed by atoms with Crippen molar-refractivity contribution >= 4 is 23.2 Å². The van der Waals surface area contributed by atoms with Crippen LogP contribution >= 0.6 is 11.6 Å². The van der Waals surface area contributed by atoms with Gasteiger partial charge in [0.25, 0.3) is 0 Å². The van der Waals surface area contributed by atoms with Crippen LogP contribution in [0.3, 0.4) is 0 Å². The van der Waals surface area contributed by atoms with Crippen molar-refractivity contribution in [1.82, 2.24) is 0 Å². The van der Waals surface area contributed by atoms with Crippen molar-refractivity contribution in [3.63, 3.8) is 0 Å². The van der Waals surface area contributed by atoms with Gasteiger partial charge in [-0.2, -0.15) is 0 Å². The van der Waals surface area contributed by atoms with Crippen LogP contribution in [0.1, 0.15) is 25.8 Å². The summed E-state index contributed by atoms with van der Waals surface area (Å²) in [6, 6.07) is 5.26. The Balaban J connectivity index is 2.84. The molecule has 0 aliphatic rings. The first-order chi connectivity index (χ1) is 8.52. The summed E-state index contributed by atoms with van der Waals surface area (Å²) in [5.74, 6) is 5.92. The number of hydrogen-bond donors (Lipinski definition) is 2. The number of amides is 1. The molecule has 0 fully saturated rings. The van der Waals surface area contributed by atoms with Crippen molar-refractivity contribution in [2.45, 2.75) is 20.3 Å². The highest BCUT2D eigenvalue weighted by atomic mass is 35.5. The van der Waals surface area contributed by atoms with Crippen molar-refractivity contribution in [1.29, 1.82) is 0 Å². The van der Waals surface area contributed by atoms with Gasteiger partial charge >= 0.3 is 0 Å². The van der Waals surface area contributed by atoms with Gasteiger partial charge in [0.15, 0.2) is 0 Å². The maximum Gasteiger partial charge on any atom is 0.224 e. The van der Waals surface area contributed by atoms with E-state index in [1.165, 1.54) is 0 Å². The first-order valence-electron chi connectivity index (χ1n) is 5.81. The van der Waals surface area contributed by atoms with Gasteiger partial charge in [-0.15, -0.1) is 0 Å². The molecule has 96 valence electrons. The fraction of sp³-hybridized carbons (Fsp3) is 0.357. The largest absolute Gasteiger partial charge is 0.325 e. The minimum Gasteiger partial charge on any atom is -0.325 e. The molecule has 3 nitrogen and oxygen atoms in total. The van der Waals surface area contributed by atoms with Crippen molar-refractivity contribution in [2.75, 3.05) is 11.9 Å². The fourth-order valence-corrected chi connectivity index (χ4v) is 1.59. The van der Waals surface area contributed by atoms with Gasteiger partial charge < -0.3 is 11.1 Å². The first-order valence-corrected chi connectivity index (χ1v) is 6.19. The van der Waals surface area contributed by atoms with E-state index in [4.69, 9.17) is 17.3 Å². The van der Waals surface area contributed by atoms with Gasteiger partial charge in [-0.25, -0.2) is 0 Å². The van der Waals surface area contributed by atoms with E-state index in [0.717, 1.165) is 5.56 Å². The SMILES string of the molecule is CC(C)CC(=O)Nc1cc(C#CCN)ccc1Cl. The van der Waals surface area contributed by atoms with Crippen molar-refractivity contribution in [3.8, 4) is 11.8 Å². The molecule has 18 heavy (non-hydrogen) atoms. The van der Waals surface area contributed by atoms with Crippen LogP contribution in [0.15, 0.2) is 18.2 Å². The van der Waals surface area contributed by atoms with Crippen molar-refractivity contribution < 1.29 is 4.79 Å². The third-order valence-corrected chi connectivity index (χ3v) is 2.50. The van der Waals surface area contributed by atoms with Crippen molar-refractivity contribution in [3.05, 3.63) is 28.8 Å². The molecular weight excluding hydrogens is 248 g/mol. The summed E-state index contributed by atoms with van der Waals surface area (Å²) in [4.78, 5) is 11.7. The van der Waals surface area contributed by atoms with Crippen LogP contribution in [-0.2, 0) is 4.79 Å². The van der Waals surface area contributed by atoms with Crippen LogP contribution in [0.4, 0.5) is 5.69 Å². The van der Waals surface area contributed by atoms with Gasteiger partial charge in [-0.05, 0) is 24.1 Å². The standard InChI is InChI=1S/C14H17ClN2O/c1-10(2)8-14(18)17-13-9-11(4-3-7-16)5-6-12(13)15/h5-6,9-10H,7-8,16H2,1-2H3,(H,17,18). The predicted octanol–water partition coefficient (Wildman–Crippen LogP) is 2.63. The topological polar surface area (TPSA) is 55.1 Å². The molecule has 0 aromatic heterocycles. The highest BCUT2D eigenvalue weighted by Crippen LogP contribution is 2.23. The number of nitrogens with one attached hydrogen (secondary N) is 1. The van der Waals surface area contributed by atoms with E-state index in [1.54, 1.807) is 18.2 Å². The number of anilines is 1. The number of halogens is 1. The summed E-state index contributed by atoms with van der Waals surface area (Å²) in [5, 5.41) is 3.29. The number of rotatable bonds is 3. The molecule has 0 atom stereocenters. The van der Waals surface area contributed by atoms with E-state index in [9.17, 15) is 4.79 Å². The molecule has 0 unspecified atom stereocenters. The van der Waals surface area contributed by atoms with E-state index in [-0.39, 0.29) is 5.91 Å². The molecule has 1 rings (SSSR count). The van der Waals surface area contributed by atoms with Gasteiger partial charge in [0.2, 0.25) is 5.91 Å². The Morgan fingerprint density at radius 2 is 2.22 bits per heavy atom. The molecule has 0 saturated carbocycles. The smallest absolute Gasteiger partial charge is 0.224 e. The van der Waals surface area contributed by atoms with Crippen LogP contribution in [-0.4, -0.2) is 12.5 Å². The second-order valence-corrected chi connectivity index (χ2v) is 4.75. The summed E-state index contributed by atoms with van der Waals surface area (Å²) >= 11 is 6.02. The number of hydrogen-bond acceptors (Lipinski definition) is 2. The highest BCUT2D eigenvalue weighted by Gasteiger charge is 2.08. The minimum absolute atomic E-state index is 0.0455. The van der Waals surface area contributed by atoms with Crippen LogP contribution < -0.4 is 11.1 Å². The Bertz CT molecular complexity index is 486. The van der Waals surface area contributed by atoms with E-state index >= 15 is 0 Å². The molecular formula is C14H17ClN2O. The third kappa shape index (κ3) is 4.79. The number of carbonyl (C=O) groups excluding carboxylic acids is 1. The third-order valence-electron chi connectivity index (χ3n) is 2.17. The van der Waals surface area contributed by atoms with Crippen LogP contribution in [0.25, 0.3) is 0 Å². The number of nitrogens with two attached hydrogens (primary N) is 1. The monoisotopic (exact) mass is 264 g/mol. The molecule has 0 saturated heterocycles. The Kier molecular flexibility index (Phi) is 5.70. The molecule has 3 N–H and O–H groups in total. The molecule has 0 spiro atoms. The van der Waals surface area contributed by atoms with Gasteiger partial charge in [0.05, 0.1) is 17.3 Å². The summed E-state index contributed by atoms with van der Waals surface area (Å²) in [5.41, 5.74) is 6.68. The number of carbonyl (C=O) groups is 1. The van der Waals surface area contributed by atoms with E-state index in [2.05, 4.69) is 17.2 Å². The molecule has 1 aromatic carbocycles. The van der Waals surface area contributed by atoms with E-state index < -0.39 is 0 Å². The zero-order chi connectivity index (χ0) is 13.5. The zero-order valence-corrected chi connectivity index (χ0v) is 11.3. The van der Waals surface area contributed by atoms with Gasteiger partial charge in [0, 0.05) is 12.0 Å². The van der Waals surface area contributed by atoms with Crippen LogP contribution in [0.2, 0.25) is 5.02 Å². The molecule has 0 radical (unpaired) electrons. The average molecular weight is 265 g/mol. The highest BCUT2D eigenvalue weighted by molar-refractivity contribution is 6.33. The fourth-order valence-electron chi connectivity index (χ4n) is 1.42. The Morgan fingerprint density at radius 3 is 2.83 bits per heavy atom. The van der Waals surface area contributed by atoms with Gasteiger partial charge in [0.1, 0.15) is 0 Å². The van der Waals surface area contributed by atoms with E-state index in [1.807, 2.05) is 13.8 Å². The molecule has 1 amide bonds. The lowest BCUT2D eigenvalue weighted by Crippen LogP contribution is -2.14. The summed E-state index contributed by atoms with van der Waals surface area (Å²) in [7, 11) is 0. The van der Waals surface area contributed by atoms with Crippen LogP contribution in [0.5, 0.6) is 0 Å². The Morgan fingerprint density at radius 1 is 1.50 bits per heavy atom. The second-order valence-electron chi connectivity index (χ2n) is 4.35. The Labute approximate surface area is 113 Å². The minimum atomic E-state index is -0.0455. The quantitative estimate of drug-likeness (QED) is 0.825. The summed E-state index contributed by atoms with van der Waals surface area (Å²) in [6.07, 6.45) is 0.467. The lowest BCUT2D eigenvalue weighted by molar-refractivity contribution is -0.116. The first kappa shape index (κ1) is 14.6. The molecule has 0 aliphatic carbocycles. The Hall–Kier alpha value is -1.50. The normalized spacial score (nSPS) is 9.83. The number of benzene rings is 1. The molecule has 0 aliphatic heterocycles. The van der Waals surface area contributed by atoms with E-state index in [0.29, 0.717) is 29.6 Å². The van der Waals surface area contributed by atoms with Crippen molar-refractivity contribution in [2.24, 2.45) is 11.7 Å². The second kappa shape index (κ2) is 7.05. The maximum atomic E-state index is 11.7. The average Bonchev–Trinajstić information content (AvgIpc) is 2.29. The molecule has 0 heterocycles. The maximum absolute atomic E-state index is 11.7. The summed E-state index contributed by atoms with van der Waals surface area (Å²) < 4.78 is 0. The lowest BCUT2D eigenvalue weighted by atomic mass is 10.1. The van der Waals surface area contributed by atoms with Crippen LogP contribution in [0, 0.1) is 17.8 Å². The molecule has 0 bridgehead atoms. The van der Waals surface area contributed by atoms with Gasteiger partial charge in [-0.1, -0.05) is 37.3 Å². The van der Waals surface area contributed by atoms with Gasteiger partial charge in [-0.3, -0.25) is 4.79 Å². The summed E-state index contributed by atoms with van der Waals surface area (Å²) in [6.45, 7) is 4.28.